The Balaban J connectivity index is 1.35. The number of fused-ring (bicyclic) bond motifs is 1. The van der Waals surface area contributed by atoms with Crippen molar-refractivity contribution in [2.45, 2.75) is 25.2 Å². The summed E-state index contributed by atoms with van der Waals surface area (Å²) in [5, 5.41) is 10.6. The van der Waals surface area contributed by atoms with Crippen LogP contribution in [0.3, 0.4) is 0 Å². The first-order chi connectivity index (χ1) is 14.6. The maximum Gasteiger partial charge on any atom is 0.266 e. The van der Waals surface area contributed by atoms with Crippen molar-refractivity contribution in [3.63, 3.8) is 0 Å². The van der Waals surface area contributed by atoms with Crippen LogP contribution in [0, 0.1) is 5.92 Å². The number of benzene rings is 1. The highest BCUT2D eigenvalue weighted by Crippen LogP contribution is 2.31. The zero-order valence-corrected chi connectivity index (χ0v) is 16.8. The number of aromatic nitrogens is 3. The van der Waals surface area contributed by atoms with E-state index in [-0.39, 0.29) is 23.7 Å². The number of likely N-dealkylation sites (tertiary alicyclic amines) is 2. The Morgan fingerprint density at radius 1 is 1.17 bits per heavy atom. The fourth-order valence-electron chi connectivity index (χ4n) is 4.45. The molecule has 3 aromatic rings. The molecule has 0 N–H and O–H groups in total. The number of nitrogens with zero attached hydrogens (tertiary/aromatic N) is 5. The minimum absolute atomic E-state index is 0.00578. The van der Waals surface area contributed by atoms with Crippen molar-refractivity contribution in [1.82, 2.24) is 25.0 Å². The van der Waals surface area contributed by atoms with E-state index in [1.807, 2.05) is 35.2 Å². The highest BCUT2D eigenvalue weighted by molar-refractivity contribution is 5.92. The molecular weight excluding hydrogens is 382 g/mol. The van der Waals surface area contributed by atoms with Gasteiger partial charge in [-0.1, -0.05) is 24.3 Å². The molecule has 0 aliphatic carbocycles. The Labute approximate surface area is 173 Å². The molecule has 0 bridgehead atoms. The Bertz CT molecular complexity index is 1110. The van der Waals surface area contributed by atoms with Crippen LogP contribution in [0.2, 0.25) is 0 Å². The third-order valence-corrected chi connectivity index (χ3v) is 6.09. The van der Waals surface area contributed by atoms with Crippen LogP contribution in [0.1, 0.15) is 31.1 Å². The van der Waals surface area contributed by atoms with Gasteiger partial charge in [0.25, 0.3) is 5.89 Å². The van der Waals surface area contributed by atoms with Crippen molar-refractivity contribution in [2.24, 2.45) is 5.92 Å². The fraction of sp³-hybridized carbons (Fsp3) is 0.409. The molecule has 0 radical (unpaired) electrons. The molecule has 4 heterocycles. The molecule has 2 aliphatic heterocycles. The number of carbonyl (C=O) groups is 2. The molecular formula is C22H23N5O3. The van der Waals surface area contributed by atoms with Gasteiger partial charge in [0.05, 0.1) is 11.8 Å². The van der Waals surface area contributed by atoms with Crippen LogP contribution < -0.4 is 0 Å². The third-order valence-electron chi connectivity index (χ3n) is 6.09. The molecule has 8 nitrogen and oxygen atoms in total. The van der Waals surface area contributed by atoms with E-state index >= 15 is 0 Å². The second-order valence-corrected chi connectivity index (χ2v) is 8.12. The number of rotatable bonds is 3. The minimum Gasteiger partial charge on any atom is -0.419 e. The SMILES string of the molecule is CN1C[C@@H](C(=O)N2CCC[C@H](c3nnc(-c4nccc5ccccc45)o3)C2)CC1=O. The first kappa shape index (κ1) is 18.7. The molecule has 8 heteroatoms. The predicted molar refractivity (Wildman–Crippen MR) is 109 cm³/mol. The number of carbonyl (C=O) groups excluding carboxylic acids is 2. The van der Waals surface area contributed by atoms with Crippen LogP contribution >= 0.6 is 0 Å². The topological polar surface area (TPSA) is 92.4 Å². The molecule has 2 atom stereocenters. The minimum atomic E-state index is -0.251. The summed E-state index contributed by atoms with van der Waals surface area (Å²) >= 11 is 0. The van der Waals surface area contributed by atoms with Crippen molar-refractivity contribution in [3.8, 4) is 11.6 Å². The summed E-state index contributed by atoms with van der Waals surface area (Å²) in [5.74, 6) is 0.761. The van der Waals surface area contributed by atoms with Gasteiger partial charge >= 0.3 is 0 Å². The van der Waals surface area contributed by atoms with Crippen LogP contribution in [0.15, 0.2) is 40.9 Å². The van der Waals surface area contributed by atoms with Gasteiger partial charge in [-0.25, -0.2) is 0 Å². The monoisotopic (exact) mass is 405 g/mol. The van der Waals surface area contributed by atoms with E-state index in [4.69, 9.17) is 4.42 Å². The van der Waals surface area contributed by atoms with Gasteiger partial charge in [-0.2, -0.15) is 0 Å². The summed E-state index contributed by atoms with van der Waals surface area (Å²) in [6, 6.07) is 9.90. The van der Waals surface area contributed by atoms with Crippen LogP contribution in [0.25, 0.3) is 22.4 Å². The van der Waals surface area contributed by atoms with Crippen molar-refractivity contribution in [2.75, 3.05) is 26.7 Å². The number of piperidine rings is 1. The lowest BCUT2D eigenvalue weighted by molar-refractivity contribution is -0.137. The van der Waals surface area contributed by atoms with Gasteiger partial charge in [-0.05, 0) is 24.3 Å². The van der Waals surface area contributed by atoms with Crippen molar-refractivity contribution in [3.05, 3.63) is 42.4 Å². The zero-order chi connectivity index (χ0) is 20.7. The second-order valence-electron chi connectivity index (χ2n) is 8.12. The summed E-state index contributed by atoms with van der Waals surface area (Å²) in [5.41, 5.74) is 0.670. The van der Waals surface area contributed by atoms with E-state index in [9.17, 15) is 9.59 Å². The molecule has 5 rings (SSSR count). The highest BCUT2D eigenvalue weighted by Gasteiger charge is 2.37. The first-order valence-electron chi connectivity index (χ1n) is 10.3. The van der Waals surface area contributed by atoms with Crippen LogP contribution in [-0.2, 0) is 9.59 Å². The zero-order valence-electron chi connectivity index (χ0n) is 16.8. The standard InChI is InChI=1S/C22H23N5O3/c1-26-12-16(11-18(26)28)22(29)27-10-4-6-15(13-27)20-24-25-21(30-20)19-17-7-3-2-5-14(17)8-9-23-19/h2-3,5,7-9,15-16H,4,6,10-13H2,1H3/t15-,16-/m0/s1. The smallest absolute Gasteiger partial charge is 0.266 e. The highest BCUT2D eigenvalue weighted by atomic mass is 16.4. The number of amides is 2. The van der Waals surface area contributed by atoms with E-state index in [2.05, 4.69) is 15.2 Å². The van der Waals surface area contributed by atoms with Gasteiger partial charge in [0.2, 0.25) is 17.7 Å². The van der Waals surface area contributed by atoms with E-state index in [1.165, 1.54) is 0 Å². The van der Waals surface area contributed by atoms with Crippen LogP contribution in [0.4, 0.5) is 0 Å². The third kappa shape index (κ3) is 3.32. The van der Waals surface area contributed by atoms with E-state index in [1.54, 1.807) is 18.1 Å². The second kappa shape index (κ2) is 7.51. The van der Waals surface area contributed by atoms with E-state index in [0.717, 1.165) is 23.6 Å². The van der Waals surface area contributed by atoms with E-state index < -0.39 is 0 Å². The number of pyridine rings is 1. The van der Waals surface area contributed by atoms with Gasteiger partial charge in [-0.15, -0.1) is 10.2 Å². The Morgan fingerprint density at radius 2 is 2.03 bits per heavy atom. The van der Waals surface area contributed by atoms with Crippen LogP contribution in [-0.4, -0.2) is 63.5 Å². The lowest BCUT2D eigenvalue weighted by atomic mass is 9.96. The van der Waals surface area contributed by atoms with Crippen molar-refractivity contribution < 1.29 is 14.0 Å². The summed E-state index contributed by atoms with van der Waals surface area (Å²) < 4.78 is 6.02. The molecule has 2 fully saturated rings. The first-order valence-corrected chi connectivity index (χ1v) is 10.3. The lowest BCUT2D eigenvalue weighted by Crippen LogP contribution is -2.43. The Kier molecular flexibility index (Phi) is 4.69. The van der Waals surface area contributed by atoms with Crippen molar-refractivity contribution >= 4 is 22.6 Å². The number of hydrogen-bond donors (Lipinski definition) is 0. The number of hydrogen-bond acceptors (Lipinski definition) is 6. The Morgan fingerprint density at radius 3 is 2.87 bits per heavy atom. The fourth-order valence-corrected chi connectivity index (χ4v) is 4.45. The quantitative estimate of drug-likeness (QED) is 0.665. The van der Waals surface area contributed by atoms with Gasteiger partial charge in [0, 0.05) is 44.7 Å². The van der Waals surface area contributed by atoms with Crippen LogP contribution in [0.5, 0.6) is 0 Å². The molecule has 2 aromatic heterocycles. The largest absolute Gasteiger partial charge is 0.419 e. The molecule has 2 aliphatic rings. The molecule has 0 spiro atoms. The molecule has 0 saturated carbocycles. The maximum atomic E-state index is 12.9. The Hall–Kier alpha value is -3.29. The molecule has 1 aromatic carbocycles. The summed E-state index contributed by atoms with van der Waals surface area (Å²) in [6.45, 7) is 1.74. The summed E-state index contributed by atoms with van der Waals surface area (Å²) in [6.07, 6.45) is 3.80. The summed E-state index contributed by atoms with van der Waals surface area (Å²) in [7, 11) is 1.75. The molecule has 2 saturated heterocycles. The molecule has 2 amide bonds. The van der Waals surface area contributed by atoms with Gasteiger partial charge in [-0.3, -0.25) is 14.6 Å². The molecule has 30 heavy (non-hydrogen) atoms. The van der Waals surface area contributed by atoms with Gasteiger partial charge < -0.3 is 14.2 Å². The summed E-state index contributed by atoms with van der Waals surface area (Å²) in [4.78, 5) is 32.6. The normalized spacial score (nSPS) is 22.1. The molecule has 0 unspecified atom stereocenters. The van der Waals surface area contributed by atoms with E-state index in [0.29, 0.717) is 43.5 Å². The molecule has 154 valence electrons. The van der Waals surface area contributed by atoms with Crippen molar-refractivity contribution in [1.29, 1.82) is 0 Å². The maximum absolute atomic E-state index is 12.9. The lowest BCUT2D eigenvalue weighted by Gasteiger charge is -2.32. The average molecular weight is 405 g/mol. The van der Waals surface area contributed by atoms with Gasteiger partial charge in [0.1, 0.15) is 5.69 Å². The predicted octanol–water partition coefficient (Wildman–Crippen LogP) is 2.47. The average Bonchev–Trinajstić information content (AvgIpc) is 3.40. The van der Waals surface area contributed by atoms with Gasteiger partial charge in [0.15, 0.2) is 0 Å².